The third kappa shape index (κ3) is 3.41. The maximum atomic E-state index is 5.71. The molecule has 0 amide bonds. The van der Waals surface area contributed by atoms with E-state index >= 15 is 0 Å². The Morgan fingerprint density at radius 2 is 1.81 bits per heavy atom. The van der Waals surface area contributed by atoms with E-state index < -0.39 is 0 Å². The summed E-state index contributed by atoms with van der Waals surface area (Å²) in [5, 5.41) is 3.52. The van der Waals surface area contributed by atoms with E-state index in [-0.39, 0.29) is 0 Å². The summed E-state index contributed by atoms with van der Waals surface area (Å²) in [6.45, 7) is 1.13. The van der Waals surface area contributed by atoms with Gasteiger partial charge in [0.05, 0.1) is 0 Å². The number of hydrogen-bond donors (Lipinski definition) is 1. The Balaban J connectivity index is 1.80. The predicted molar refractivity (Wildman–Crippen MR) is 71.3 cm³/mol. The van der Waals surface area contributed by atoms with Crippen LogP contribution in [0.5, 0.6) is 0 Å². The molecule has 0 aliphatic heterocycles. The van der Waals surface area contributed by atoms with E-state index in [1.54, 1.807) is 0 Å². The summed E-state index contributed by atoms with van der Waals surface area (Å²) >= 11 is 5.71. The third-order valence-corrected chi connectivity index (χ3v) is 3.60. The first-order valence-corrected chi connectivity index (χ1v) is 6.81. The lowest BCUT2D eigenvalue weighted by Gasteiger charge is -2.12. The lowest BCUT2D eigenvalue weighted by molar-refractivity contribution is 0.580. The van der Waals surface area contributed by atoms with Gasteiger partial charge in [-0.3, -0.25) is 0 Å². The molecule has 0 spiro atoms. The van der Waals surface area contributed by atoms with Crippen molar-refractivity contribution in [2.24, 2.45) is 5.92 Å². The maximum Gasteiger partial charge on any atom is 0.0340 e. The second-order valence-corrected chi connectivity index (χ2v) is 5.05. The second-order valence-electron chi connectivity index (χ2n) is 4.67. The number of halogens is 1. The van der Waals surface area contributed by atoms with Crippen LogP contribution in [0.15, 0.2) is 24.3 Å². The van der Waals surface area contributed by atoms with Gasteiger partial charge in [-0.2, -0.15) is 0 Å². The van der Waals surface area contributed by atoms with Crippen LogP contribution in [0.1, 0.15) is 31.2 Å². The summed E-state index contributed by atoms with van der Waals surface area (Å²) in [5.41, 5.74) is 2.56. The molecule has 1 aromatic rings. The minimum absolute atomic E-state index is 0.703. The Morgan fingerprint density at radius 1 is 1.12 bits per heavy atom. The van der Waals surface area contributed by atoms with E-state index in [0.717, 1.165) is 18.9 Å². The molecular formula is C14H20ClN. The van der Waals surface area contributed by atoms with Crippen molar-refractivity contribution in [3.63, 3.8) is 0 Å². The highest BCUT2D eigenvalue weighted by molar-refractivity contribution is 6.17. The van der Waals surface area contributed by atoms with E-state index in [1.165, 1.54) is 36.9 Å². The van der Waals surface area contributed by atoms with Gasteiger partial charge in [-0.05, 0) is 42.9 Å². The first-order chi connectivity index (χ1) is 7.88. The molecule has 1 aliphatic carbocycles. The quantitative estimate of drug-likeness (QED) is 0.762. The smallest absolute Gasteiger partial charge is 0.0340 e. The molecule has 0 saturated heterocycles. The summed E-state index contributed by atoms with van der Waals surface area (Å²) in [5.74, 6) is 1.59. The van der Waals surface area contributed by atoms with E-state index in [4.69, 9.17) is 11.6 Å². The van der Waals surface area contributed by atoms with E-state index in [1.807, 2.05) is 0 Å². The zero-order valence-electron chi connectivity index (χ0n) is 9.71. The summed E-state index contributed by atoms with van der Waals surface area (Å²) < 4.78 is 0. The molecule has 0 radical (unpaired) electrons. The van der Waals surface area contributed by atoms with Crippen molar-refractivity contribution >= 4 is 17.3 Å². The van der Waals surface area contributed by atoms with E-state index in [9.17, 15) is 0 Å². The lowest BCUT2D eigenvalue weighted by Crippen LogP contribution is -2.10. The largest absolute Gasteiger partial charge is 0.385 e. The maximum absolute atomic E-state index is 5.71. The van der Waals surface area contributed by atoms with Gasteiger partial charge in [-0.1, -0.05) is 25.0 Å². The van der Waals surface area contributed by atoms with Crippen LogP contribution in [0.2, 0.25) is 0 Å². The molecule has 1 N–H and O–H groups in total. The Morgan fingerprint density at radius 3 is 2.44 bits per heavy atom. The van der Waals surface area contributed by atoms with Gasteiger partial charge in [-0.15, -0.1) is 11.6 Å². The first kappa shape index (κ1) is 11.8. The monoisotopic (exact) mass is 237 g/mol. The van der Waals surface area contributed by atoms with Crippen LogP contribution in [0.4, 0.5) is 5.69 Å². The van der Waals surface area contributed by atoms with Gasteiger partial charge in [0.2, 0.25) is 0 Å². The average Bonchev–Trinajstić information content (AvgIpc) is 2.82. The number of rotatable bonds is 5. The lowest BCUT2D eigenvalue weighted by atomic mass is 10.1. The molecule has 0 atom stereocenters. The van der Waals surface area contributed by atoms with Gasteiger partial charge in [0, 0.05) is 18.1 Å². The highest BCUT2D eigenvalue weighted by Crippen LogP contribution is 2.25. The Labute approximate surface area is 103 Å². The van der Waals surface area contributed by atoms with Crippen molar-refractivity contribution in [2.45, 2.75) is 32.1 Å². The molecule has 1 nitrogen and oxygen atoms in total. The fourth-order valence-electron chi connectivity index (χ4n) is 2.38. The first-order valence-electron chi connectivity index (χ1n) is 6.27. The van der Waals surface area contributed by atoms with Gasteiger partial charge in [0.25, 0.3) is 0 Å². The molecule has 0 unspecified atom stereocenters. The van der Waals surface area contributed by atoms with Crippen LogP contribution in [-0.4, -0.2) is 12.4 Å². The summed E-state index contributed by atoms with van der Waals surface area (Å²) in [4.78, 5) is 0. The Hall–Kier alpha value is -0.690. The molecular weight excluding hydrogens is 218 g/mol. The van der Waals surface area contributed by atoms with Gasteiger partial charge < -0.3 is 5.32 Å². The average molecular weight is 238 g/mol. The number of hydrogen-bond acceptors (Lipinski definition) is 1. The van der Waals surface area contributed by atoms with Crippen LogP contribution in [-0.2, 0) is 6.42 Å². The van der Waals surface area contributed by atoms with E-state index in [0.29, 0.717) is 5.88 Å². The van der Waals surface area contributed by atoms with Crippen molar-refractivity contribution in [1.82, 2.24) is 0 Å². The van der Waals surface area contributed by atoms with Crippen LogP contribution in [0, 0.1) is 5.92 Å². The molecule has 0 bridgehead atoms. The topological polar surface area (TPSA) is 12.0 Å². The van der Waals surface area contributed by atoms with E-state index in [2.05, 4.69) is 29.6 Å². The van der Waals surface area contributed by atoms with Crippen molar-refractivity contribution in [3.05, 3.63) is 29.8 Å². The van der Waals surface area contributed by atoms with Crippen molar-refractivity contribution in [2.75, 3.05) is 17.7 Å². The van der Waals surface area contributed by atoms with Crippen molar-refractivity contribution in [1.29, 1.82) is 0 Å². The standard InChI is InChI=1S/C14H20ClN/c15-10-9-12-5-7-14(8-6-12)16-11-13-3-1-2-4-13/h5-8,13,16H,1-4,9-11H2. The summed E-state index contributed by atoms with van der Waals surface area (Å²) in [7, 11) is 0. The summed E-state index contributed by atoms with van der Waals surface area (Å²) in [6, 6.07) is 8.66. The molecule has 88 valence electrons. The molecule has 2 heteroatoms. The van der Waals surface area contributed by atoms with Crippen LogP contribution in [0.3, 0.4) is 0 Å². The molecule has 1 aliphatic rings. The van der Waals surface area contributed by atoms with Crippen molar-refractivity contribution < 1.29 is 0 Å². The van der Waals surface area contributed by atoms with Gasteiger partial charge in [0.1, 0.15) is 0 Å². The fourth-order valence-corrected chi connectivity index (χ4v) is 2.59. The number of anilines is 1. The van der Waals surface area contributed by atoms with Gasteiger partial charge >= 0.3 is 0 Å². The number of alkyl halides is 1. The van der Waals surface area contributed by atoms with Crippen LogP contribution < -0.4 is 5.32 Å². The number of benzene rings is 1. The Bertz CT molecular complexity index is 301. The number of aryl methyl sites for hydroxylation is 1. The Kier molecular flexibility index (Phi) is 4.53. The zero-order valence-corrected chi connectivity index (χ0v) is 10.5. The van der Waals surface area contributed by atoms with Crippen LogP contribution in [0.25, 0.3) is 0 Å². The minimum atomic E-state index is 0.703. The zero-order chi connectivity index (χ0) is 11.2. The molecule has 2 rings (SSSR count). The molecule has 1 saturated carbocycles. The predicted octanol–water partition coefficient (Wildman–Crippen LogP) is 4.07. The number of nitrogens with one attached hydrogen (secondary N) is 1. The fraction of sp³-hybridized carbons (Fsp3) is 0.571. The summed E-state index contributed by atoms with van der Waals surface area (Å²) in [6.07, 6.45) is 6.60. The minimum Gasteiger partial charge on any atom is -0.385 e. The second kappa shape index (κ2) is 6.15. The molecule has 0 heterocycles. The van der Waals surface area contributed by atoms with Crippen molar-refractivity contribution in [3.8, 4) is 0 Å². The van der Waals surface area contributed by atoms with Crippen LogP contribution >= 0.6 is 11.6 Å². The van der Waals surface area contributed by atoms with Gasteiger partial charge in [-0.25, -0.2) is 0 Å². The molecule has 16 heavy (non-hydrogen) atoms. The highest BCUT2D eigenvalue weighted by Gasteiger charge is 2.13. The molecule has 0 aromatic heterocycles. The molecule has 1 aromatic carbocycles. The molecule has 1 fully saturated rings. The highest BCUT2D eigenvalue weighted by atomic mass is 35.5. The SMILES string of the molecule is ClCCc1ccc(NCC2CCCC2)cc1. The third-order valence-electron chi connectivity index (χ3n) is 3.41. The van der Waals surface area contributed by atoms with Gasteiger partial charge in [0.15, 0.2) is 0 Å². The normalized spacial score (nSPS) is 16.6.